The molecule has 2 fully saturated rings. The Morgan fingerprint density at radius 2 is 1.96 bits per heavy atom. The number of rotatable bonds is 6. The highest BCUT2D eigenvalue weighted by molar-refractivity contribution is 7.20. The van der Waals surface area contributed by atoms with Crippen LogP contribution >= 0.6 is 22.7 Å². The van der Waals surface area contributed by atoms with Crippen LogP contribution in [0.3, 0.4) is 0 Å². The van der Waals surface area contributed by atoms with Gasteiger partial charge in [-0.3, -0.25) is 9.59 Å². The van der Waals surface area contributed by atoms with Crippen molar-refractivity contribution in [2.75, 3.05) is 19.6 Å². The molecule has 0 radical (unpaired) electrons. The third kappa shape index (κ3) is 4.15. The lowest BCUT2D eigenvalue weighted by Gasteiger charge is -2.31. The van der Waals surface area contributed by atoms with Gasteiger partial charge in [0.15, 0.2) is 0 Å². The van der Waals surface area contributed by atoms with Crippen LogP contribution in [0.5, 0.6) is 0 Å². The van der Waals surface area contributed by atoms with E-state index in [0.29, 0.717) is 12.5 Å². The van der Waals surface area contributed by atoms with Gasteiger partial charge in [-0.15, -0.1) is 22.7 Å². The minimum absolute atomic E-state index is 0.0374. The van der Waals surface area contributed by atoms with Crippen LogP contribution in [0, 0.1) is 11.8 Å². The number of likely N-dealkylation sites (tertiary alicyclic amines) is 1. The summed E-state index contributed by atoms with van der Waals surface area (Å²) in [6.07, 6.45) is 4.41. The SMILES string of the molecule is O=C(NCCc1csc(-c2cccs2)n1)C1CCN(C(=O)C2CC2)CC1. The Labute approximate surface area is 161 Å². The van der Waals surface area contributed by atoms with Crippen molar-refractivity contribution in [2.24, 2.45) is 11.8 Å². The Morgan fingerprint density at radius 3 is 2.65 bits per heavy atom. The van der Waals surface area contributed by atoms with E-state index in [1.807, 2.05) is 11.0 Å². The number of thiophene rings is 1. The monoisotopic (exact) mass is 389 g/mol. The minimum atomic E-state index is 0.0374. The van der Waals surface area contributed by atoms with Gasteiger partial charge in [0.05, 0.1) is 10.6 Å². The Kier molecular flexibility index (Phi) is 5.36. The van der Waals surface area contributed by atoms with Gasteiger partial charge in [-0.25, -0.2) is 4.98 Å². The van der Waals surface area contributed by atoms with Crippen LogP contribution in [0.2, 0.25) is 0 Å². The molecule has 1 aliphatic carbocycles. The second kappa shape index (κ2) is 7.88. The minimum Gasteiger partial charge on any atom is -0.355 e. The van der Waals surface area contributed by atoms with Gasteiger partial charge in [0.2, 0.25) is 11.8 Å². The van der Waals surface area contributed by atoms with Crippen molar-refractivity contribution >= 4 is 34.5 Å². The van der Waals surface area contributed by atoms with E-state index in [1.54, 1.807) is 22.7 Å². The average molecular weight is 390 g/mol. The first-order valence-corrected chi connectivity index (χ1v) is 11.0. The second-order valence-electron chi connectivity index (χ2n) is 7.04. The standard InChI is InChI=1S/C19H23N3O2S2/c23-17(13-6-9-22(10-7-13)19(24)14-3-4-14)20-8-5-15-12-26-18(21-15)16-2-1-11-25-16/h1-2,11-14H,3-10H2,(H,20,23). The molecular weight excluding hydrogens is 366 g/mol. The van der Waals surface area contributed by atoms with Crippen LogP contribution in [0.15, 0.2) is 22.9 Å². The van der Waals surface area contributed by atoms with Crippen LogP contribution < -0.4 is 5.32 Å². The molecule has 2 aromatic heterocycles. The number of piperidine rings is 1. The first-order chi connectivity index (χ1) is 12.7. The predicted molar refractivity (Wildman–Crippen MR) is 104 cm³/mol. The maximum absolute atomic E-state index is 12.4. The van der Waals surface area contributed by atoms with Gasteiger partial charge in [0.25, 0.3) is 0 Å². The third-order valence-corrected chi connectivity index (χ3v) is 7.00. The second-order valence-corrected chi connectivity index (χ2v) is 8.84. The van der Waals surface area contributed by atoms with Crippen molar-refractivity contribution in [1.29, 1.82) is 0 Å². The van der Waals surface area contributed by atoms with Crippen molar-refractivity contribution in [2.45, 2.75) is 32.1 Å². The zero-order valence-electron chi connectivity index (χ0n) is 14.6. The molecule has 4 rings (SSSR count). The number of carbonyl (C=O) groups is 2. The van der Waals surface area contributed by atoms with Gasteiger partial charge in [0, 0.05) is 43.3 Å². The van der Waals surface area contributed by atoms with E-state index in [9.17, 15) is 9.59 Å². The molecule has 1 saturated heterocycles. The molecule has 0 atom stereocenters. The summed E-state index contributed by atoms with van der Waals surface area (Å²) in [5.41, 5.74) is 1.03. The molecule has 2 aliphatic rings. The van der Waals surface area contributed by atoms with Crippen molar-refractivity contribution < 1.29 is 9.59 Å². The number of aromatic nitrogens is 1. The molecule has 0 bridgehead atoms. The van der Waals surface area contributed by atoms with E-state index in [1.165, 1.54) is 4.88 Å². The summed E-state index contributed by atoms with van der Waals surface area (Å²) >= 11 is 3.35. The molecule has 3 heterocycles. The number of nitrogens with one attached hydrogen (secondary N) is 1. The van der Waals surface area contributed by atoms with E-state index >= 15 is 0 Å². The fourth-order valence-electron chi connectivity index (χ4n) is 3.34. The maximum Gasteiger partial charge on any atom is 0.225 e. The summed E-state index contributed by atoms with van der Waals surface area (Å²) in [4.78, 5) is 32.2. The van der Waals surface area contributed by atoms with Crippen LogP contribution in [0.25, 0.3) is 9.88 Å². The van der Waals surface area contributed by atoms with Gasteiger partial charge in [-0.05, 0) is 37.1 Å². The lowest BCUT2D eigenvalue weighted by Crippen LogP contribution is -2.43. The zero-order valence-corrected chi connectivity index (χ0v) is 16.3. The van der Waals surface area contributed by atoms with Gasteiger partial charge in [-0.2, -0.15) is 0 Å². The summed E-state index contributed by atoms with van der Waals surface area (Å²) in [6.45, 7) is 2.07. The van der Waals surface area contributed by atoms with Crippen molar-refractivity contribution in [3.63, 3.8) is 0 Å². The first-order valence-electron chi connectivity index (χ1n) is 9.25. The fraction of sp³-hybridized carbons (Fsp3) is 0.526. The molecule has 2 amide bonds. The summed E-state index contributed by atoms with van der Waals surface area (Å²) in [6, 6.07) is 4.11. The average Bonchev–Trinajstić information content (AvgIpc) is 3.17. The van der Waals surface area contributed by atoms with Crippen LogP contribution in [-0.2, 0) is 16.0 Å². The summed E-state index contributed by atoms with van der Waals surface area (Å²) in [7, 11) is 0. The molecule has 0 aromatic carbocycles. The molecule has 0 spiro atoms. The van der Waals surface area contributed by atoms with E-state index in [-0.39, 0.29) is 17.7 Å². The van der Waals surface area contributed by atoms with Gasteiger partial charge in [-0.1, -0.05) is 6.07 Å². The highest BCUT2D eigenvalue weighted by Crippen LogP contribution is 2.32. The molecule has 1 N–H and O–H groups in total. The molecule has 7 heteroatoms. The highest BCUT2D eigenvalue weighted by atomic mass is 32.1. The van der Waals surface area contributed by atoms with E-state index in [4.69, 9.17) is 0 Å². The smallest absolute Gasteiger partial charge is 0.225 e. The predicted octanol–water partition coefficient (Wildman–Crippen LogP) is 3.18. The Hall–Kier alpha value is -1.73. The normalized spacial score (nSPS) is 18.1. The first kappa shape index (κ1) is 17.7. The Bertz CT molecular complexity index is 760. The number of carbonyl (C=O) groups excluding carboxylic acids is 2. The molecule has 2 aromatic rings. The zero-order chi connectivity index (χ0) is 17.9. The maximum atomic E-state index is 12.4. The lowest BCUT2D eigenvalue weighted by molar-refractivity contribution is -0.136. The van der Waals surface area contributed by atoms with E-state index in [2.05, 4.69) is 27.1 Å². The topological polar surface area (TPSA) is 62.3 Å². The van der Waals surface area contributed by atoms with Gasteiger partial charge in [0.1, 0.15) is 5.01 Å². The molecular formula is C19H23N3O2S2. The highest BCUT2D eigenvalue weighted by Gasteiger charge is 2.35. The number of hydrogen-bond donors (Lipinski definition) is 1. The number of hydrogen-bond acceptors (Lipinski definition) is 5. The molecule has 0 unspecified atom stereocenters. The molecule has 1 saturated carbocycles. The largest absolute Gasteiger partial charge is 0.355 e. The Morgan fingerprint density at radius 1 is 1.15 bits per heavy atom. The summed E-state index contributed by atoms with van der Waals surface area (Å²) in [5, 5.41) is 8.23. The summed E-state index contributed by atoms with van der Waals surface area (Å²) < 4.78 is 0. The van der Waals surface area contributed by atoms with Crippen molar-refractivity contribution in [3.05, 3.63) is 28.6 Å². The molecule has 1 aliphatic heterocycles. The van der Waals surface area contributed by atoms with E-state index in [0.717, 1.165) is 55.9 Å². The van der Waals surface area contributed by atoms with Gasteiger partial charge < -0.3 is 10.2 Å². The van der Waals surface area contributed by atoms with Crippen LogP contribution in [-0.4, -0.2) is 41.3 Å². The molecule has 138 valence electrons. The van der Waals surface area contributed by atoms with Crippen molar-refractivity contribution in [1.82, 2.24) is 15.2 Å². The number of nitrogens with zero attached hydrogens (tertiary/aromatic N) is 2. The van der Waals surface area contributed by atoms with E-state index < -0.39 is 0 Å². The molecule has 26 heavy (non-hydrogen) atoms. The van der Waals surface area contributed by atoms with Crippen LogP contribution in [0.1, 0.15) is 31.4 Å². The summed E-state index contributed by atoms with van der Waals surface area (Å²) in [5.74, 6) is 0.735. The number of amides is 2. The quantitative estimate of drug-likeness (QED) is 0.825. The Balaban J connectivity index is 1.19. The lowest BCUT2D eigenvalue weighted by atomic mass is 9.95. The molecule has 5 nitrogen and oxygen atoms in total. The van der Waals surface area contributed by atoms with Crippen LogP contribution in [0.4, 0.5) is 0 Å². The van der Waals surface area contributed by atoms with Gasteiger partial charge >= 0.3 is 0 Å². The third-order valence-electron chi connectivity index (χ3n) is 5.07. The van der Waals surface area contributed by atoms with Crippen molar-refractivity contribution in [3.8, 4) is 9.88 Å². The number of thiazole rings is 1. The fourth-order valence-corrected chi connectivity index (χ4v) is 5.01.